The predicted molar refractivity (Wildman–Crippen MR) is 134 cm³/mol. The number of likely N-dealkylation sites (tertiary alicyclic amines) is 1. The second-order valence-electron chi connectivity index (χ2n) is 8.50. The molecule has 174 valence electrons. The summed E-state index contributed by atoms with van der Waals surface area (Å²) < 4.78 is 35.1. The van der Waals surface area contributed by atoms with Crippen molar-refractivity contribution in [1.82, 2.24) is 4.90 Å². The van der Waals surface area contributed by atoms with Gasteiger partial charge in [-0.25, -0.2) is 8.42 Å². The van der Waals surface area contributed by atoms with E-state index in [1.54, 1.807) is 35.7 Å². The third-order valence-corrected chi connectivity index (χ3v) is 8.16. The van der Waals surface area contributed by atoms with Gasteiger partial charge in [0.15, 0.2) is 0 Å². The summed E-state index contributed by atoms with van der Waals surface area (Å²) in [4.78, 5) is 2.72. The second kappa shape index (κ2) is 10.4. The smallest absolute Gasteiger partial charge is 0.264 e. The van der Waals surface area contributed by atoms with Gasteiger partial charge in [0, 0.05) is 18.7 Å². The van der Waals surface area contributed by atoms with Crippen molar-refractivity contribution in [3.8, 4) is 16.9 Å². The highest BCUT2D eigenvalue weighted by atomic mass is 32.2. The number of piperidine rings is 1. The molecule has 0 amide bonds. The molecule has 0 spiro atoms. The van der Waals surface area contributed by atoms with Crippen LogP contribution in [-0.4, -0.2) is 46.6 Å². The summed E-state index contributed by atoms with van der Waals surface area (Å²) in [5.41, 5.74) is 2.48. The molecule has 1 unspecified atom stereocenters. The molecule has 33 heavy (non-hydrogen) atoms. The van der Waals surface area contributed by atoms with E-state index >= 15 is 0 Å². The van der Waals surface area contributed by atoms with Gasteiger partial charge in [-0.05, 0) is 67.7 Å². The summed E-state index contributed by atoms with van der Waals surface area (Å²) in [6, 6.07) is 24.3. The summed E-state index contributed by atoms with van der Waals surface area (Å²) in [5, 5.41) is 0. The van der Waals surface area contributed by atoms with Crippen LogP contribution in [0.4, 0.5) is 5.69 Å². The van der Waals surface area contributed by atoms with Crippen molar-refractivity contribution in [2.75, 3.05) is 37.6 Å². The normalized spacial score (nSPS) is 17.0. The molecule has 1 aliphatic heterocycles. The van der Waals surface area contributed by atoms with Crippen LogP contribution in [0.25, 0.3) is 11.1 Å². The van der Waals surface area contributed by atoms with E-state index in [9.17, 15) is 8.42 Å². The molecule has 0 N–H and O–H groups in total. The predicted octanol–water partition coefficient (Wildman–Crippen LogP) is 5.29. The molecule has 0 aromatic heterocycles. The molecule has 0 radical (unpaired) electrons. The van der Waals surface area contributed by atoms with E-state index in [4.69, 9.17) is 4.74 Å². The average molecular weight is 465 g/mol. The van der Waals surface area contributed by atoms with Crippen molar-refractivity contribution in [3.63, 3.8) is 0 Å². The Balaban J connectivity index is 1.83. The second-order valence-corrected chi connectivity index (χ2v) is 10.4. The maximum absolute atomic E-state index is 14.0. The van der Waals surface area contributed by atoms with Crippen molar-refractivity contribution < 1.29 is 13.2 Å². The zero-order chi connectivity index (χ0) is 23.3. The molecule has 3 aromatic carbocycles. The molecule has 4 rings (SSSR count). The topological polar surface area (TPSA) is 49.9 Å². The van der Waals surface area contributed by atoms with Gasteiger partial charge < -0.3 is 9.64 Å². The first-order chi connectivity index (χ1) is 16.0. The Hall–Kier alpha value is -2.83. The van der Waals surface area contributed by atoms with Gasteiger partial charge in [-0.3, -0.25) is 4.31 Å². The lowest BCUT2D eigenvalue weighted by molar-refractivity contribution is 0.187. The summed E-state index contributed by atoms with van der Waals surface area (Å²) in [5.74, 6) is 0.965. The zero-order valence-electron chi connectivity index (χ0n) is 19.4. The molecule has 1 saturated heterocycles. The number of hydrogen-bond donors (Lipinski definition) is 0. The summed E-state index contributed by atoms with van der Waals surface area (Å²) in [6.45, 7) is 5.59. The fourth-order valence-electron chi connectivity index (χ4n) is 4.58. The van der Waals surface area contributed by atoms with Gasteiger partial charge in [0.25, 0.3) is 10.0 Å². The number of sulfonamides is 1. The van der Waals surface area contributed by atoms with Crippen LogP contribution in [0.2, 0.25) is 0 Å². The Bertz CT molecular complexity index is 1150. The number of rotatable bonds is 8. The molecule has 1 aliphatic rings. The summed E-state index contributed by atoms with van der Waals surface area (Å²) in [7, 11) is -2.13. The van der Waals surface area contributed by atoms with Gasteiger partial charge in [0.05, 0.1) is 17.7 Å². The van der Waals surface area contributed by atoms with Gasteiger partial charge in [0.1, 0.15) is 5.75 Å². The van der Waals surface area contributed by atoms with Gasteiger partial charge in [-0.15, -0.1) is 0 Å². The van der Waals surface area contributed by atoms with E-state index in [0.717, 1.165) is 43.6 Å². The van der Waals surface area contributed by atoms with Crippen molar-refractivity contribution in [2.24, 2.45) is 5.92 Å². The minimum absolute atomic E-state index is 0.267. The van der Waals surface area contributed by atoms with E-state index in [1.165, 1.54) is 0 Å². The van der Waals surface area contributed by atoms with E-state index in [1.807, 2.05) is 54.6 Å². The van der Waals surface area contributed by atoms with Crippen molar-refractivity contribution in [1.29, 1.82) is 0 Å². The van der Waals surface area contributed by atoms with Crippen LogP contribution in [0.15, 0.2) is 83.8 Å². The number of anilines is 1. The fraction of sp³-hybridized carbons (Fsp3) is 0.333. The minimum atomic E-state index is -3.75. The monoisotopic (exact) mass is 464 g/mol. The van der Waals surface area contributed by atoms with Crippen LogP contribution in [0.3, 0.4) is 0 Å². The first-order valence-corrected chi connectivity index (χ1v) is 13.0. The third-order valence-electron chi connectivity index (χ3n) is 6.36. The quantitative estimate of drug-likeness (QED) is 0.455. The highest BCUT2D eigenvalue weighted by Gasteiger charge is 2.31. The molecular weight excluding hydrogens is 432 g/mol. The number of benzene rings is 3. The van der Waals surface area contributed by atoms with Crippen LogP contribution in [0.1, 0.15) is 19.8 Å². The van der Waals surface area contributed by atoms with Gasteiger partial charge in [-0.2, -0.15) is 0 Å². The SMILES string of the molecule is CCN1CCCC(CN(c2ccc(OC)cc2-c2ccccc2)S(=O)(=O)c2ccccc2)C1. The first kappa shape index (κ1) is 23.3. The fourth-order valence-corrected chi connectivity index (χ4v) is 6.16. The lowest BCUT2D eigenvalue weighted by Crippen LogP contribution is -2.43. The first-order valence-electron chi connectivity index (χ1n) is 11.6. The molecule has 0 saturated carbocycles. The molecule has 5 nitrogen and oxygen atoms in total. The van der Waals surface area contributed by atoms with Gasteiger partial charge in [0.2, 0.25) is 0 Å². The van der Waals surface area contributed by atoms with Crippen LogP contribution < -0.4 is 9.04 Å². The maximum Gasteiger partial charge on any atom is 0.264 e. The van der Waals surface area contributed by atoms with Crippen LogP contribution in [-0.2, 0) is 10.0 Å². The maximum atomic E-state index is 14.0. The summed E-state index contributed by atoms with van der Waals surface area (Å²) >= 11 is 0. The Morgan fingerprint density at radius 1 is 1.00 bits per heavy atom. The molecule has 0 bridgehead atoms. The van der Waals surface area contributed by atoms with Crippen molar-refractivity contribution in [2.45, 2.75) is 24.7 Å². The standard InChI is InChI=1S/C27H32N2O3S/c1-3-28-18-10-11-22(20-28)21-29(33(30,31)25-14-8-5-9-15-25)27-17-16-24(32-2)19-26(27)23-12-6-4-7-13-23/h4-9,12-17,19,22H,3,10-11,18,20-21H2,1-2H3. The van der Waals surface area contributed by atoms with E-state index in [2.05, 4.69) is 11.8 Å². The van der Waals surface area contributed by atoms with Crippen molar-refractivity contribution in [3.05, 3.63) is 78.9 Å². The summed E-state index contributed by atoms with van der Waals surface area (Å²) in [6.07, 6.45) is 2.11. The Labute approximate surface area is 197 Å². The number of methoxy groups -OCH3 is 1. The van der Waals surface area contributed by atoms with Crippen molar-refractivity contribution >= 4 is 15.7 Å². The molecule has 0 aliphatic carbocycles. The van der Waals surface area contributed by atoms with Gasteiger partial charge >= 0.3 is 0 Å². The molecule has 1 atom stereocenters. The third kappa shape index (κ3) is 5.23. The molecule has 1 fully saturated rings. The molecule has 1 heterocycles. The molecule has 3 aromatic rings. The largest absolute Gasteiger partial charge is 0.497 e. The van der Waals surface area contributed by atoms with E-state index in [-0.39, 0.29) is 5.92 Å². The Morgan fingerprint density at radius 2 is 1.70 bits per heavy atom. The molecule has 6 heteroatoms. The highest BCUT2D eigenvalue weighted by molar-refractivity contribution is 7.92. The average Bonchev–Trinajstić information content (AvgIpc) is 2.88. The van der Waals surface area contributed by atoms with Crippen LogP contribution >= 0.6 is 0 Å². The van der Waals surface area contributed by atoms with Crippen LogP contribution in [0.5, 0.6) is 5.75 Å². The van der Waals surface area contributed by atoms with Gasteiger partial charge in [-0.1, -0.05) is 55.5 Å². The number of ether oxygens (including phenoxy) is 1. The Kier molecular flexibility index (Phi) is 7.36. The lowest BCUT2D eigenvalue weighted by atomic mass is 9.97. The number of hydrogen-bond acceptors (Lipinski definition) is 4. The number of nitrogens with zero attached hydrogens (tertiary/aromatic N) is 2. The zero-order valence-corrected chi connectivity index (χ0v) is 20.2. The molecular formula is C27H32N2O3S. The Morgan fingerprint density at radius 3 is 2.36 bits per heavy atom. The highest BCUT2D eigenvalue weighted by Crippen LogP contribution is 2.38. The van der Waals surface area contributed by atoms with E-state index < -0.39 is 10.0 Å². The minimum Gasteiger partial charge on any atom is -0.497 e. The van der Waals surface area contributed by atoms with E-state index in [0.29, 0.717) is 22.9 Å². The lowest BCUT2D eigenvalue weighted by Gasteiger charge is -2.36. The van der Waals surface area contributed by atoms with Crippen LogP contribution in [0, 0.1) is 5.92 Å².